The summed E-state index contributed by atoms with van der Waals surface area (Å²) in [6.45, 7) is 3.49. The zero-order valence-electron chi connectivity index (χ0n) is 11.3. The Balaban J connectivity index is 2.65. The summed E-state index contributed by atoms with van der Waals surface area (Å²) in [5.41, 5.74) is 2.21. The molecule has 5 nitrogen and oxygen atoms in total. The Morgan fingerprint density at radius 1 is 1.37 bits per heavy atom. The second-order valence-corrected chi connectivity index (χ2v) is 4.63. The summed E-state index contributed by atoms with van der Waals surface area (Å²) in [6, 6.07) is 5.19. The number of hydrogen-bond acceptors (Lipinski definition) is 4. The number of benzene rings is 1. The van der Waals surface area contributed by atoms with Gasteiger partial charge in [-0.3, -0.25) is 4.79 Å². The predicted octanol–water partition coefficient (Wildman–Crippen LogP) is 0.408. The molecule has 0 saturated heterocycles. The number of hydrogen-bond donors (Lipinski definition) is 4. The third-order valence-electron chi connectivity index (χ3n) is 3.01. The van der Waals surface area contributed by atoms with Crippen molar-refractivity contribution in [2.75, 3.05) is 6.54 Å². The van der Waals surface area contributed by atoms with Crippen LogP contribution in [-0.2, 0) is 11.4 Å². The summed E-state index contributed by atoms with van der Waals surface area (Å²) in [4.78, 5) is 10.7. The number of carbonyl (C=O) groups excluding carboxylic acids is 1. The lowest BCUT2D eigenvalue weighted by Crippen LogP contribution is -2.28. The summed E-state index contributed by atoms with van der Waals surface area (Å²) >= 11 is 0. The van der Waals surface area contributed by atoms with Crippen LogP contribution in [0.2, 0.25) is 0 Å². The van der Waals surface area contributed by atoms with Crippen LogP contribution in [0.3, 0.4) is 0 Å². The molecule has 19 heavy (non-hydrogen) atoms. The molecule has 1 amide bonds. The minimum atomic E-state index is -0.999. The molecule has 1 aromatic carbocycles. The molecule has 2 unspecified atom stereocenters. The van der Waals surface area contributed by atoms with Crippen LogP contribution in [0.5, 0.6) is 0 Å². The summed E-state index contributed by atoms with van der Waals surface area (Å²) in [5.74, 6) is -0.162. The molecule has 1 rings (SSSR count). The van der Waals surface area contributed by atoms with Crippen molar-refractivity contribution in [1.82, 2.24) is 5.32 Å². The van der Waals surface area contributed by atoms with Gasteiger partial charge < -0.3 is 20.6 Å². The molecule has 5 heteroatoms. The monoisotopic (exact) mass is 267 g/mol. The molecule has 106 valence electrons. The van der Waals surface area contributed by atoms with Crippen LogP contribution in [0.4, 0.5) is 0 Å². The summed E-state index contributed by atoms with van der Waals surface area (Å²) < 4.78 is 0. The molecule has 0 fully saturated rings. The highest BCUT2D eigenvalue weighted by atomic mass is 16.3. The van der Waals surface area contributed by atoms with Crippen LogP contribution in [0.25, 0.3) is 0 Å². The highest BCUT2D eigenvalue weighted by Crippen LogP contribution is 2.23. The molecular formula is C14H21NO4. The van der Waals surface area contributed by atoms with Crippen LogP contribution in [0.1, 0.15) is 36.1 Å². The lowest BCUT2D eigenvalue weighted by molar-refractivity contribution is -0.119. The summed E-state index contributed by atoms with van der Waals surface area (Å²) in [5, 5.41) is 31.5. The van der Waals surface area contributed by atoms with E-state index in [0.29, 0.717) is 12.1 Å². The van der Waals surface area contributed by atoms with E-state index in [2.05, 4.69) is 5.32 Å². The fourth-order valence-corrected chi connectivity index (χ4v) is 1.93. The van der Waals surface area contributed by atoms with Gasteiger partial charge in [0.15, 0.2) is 0 Å². The van der Waals surface area contributed by atoms with Crippen molar-refractivity contribution in [3.05, 3.63) is 34.9 Å². The maximum atomic E-state index is 10.7. The number of aliphatic hydroxyl groups excluding tert-OH is 3. The summed E-state index contributed by atoms with van der Waals surface area (Å²) in [7, 11) is 0. The van der Waals surface area contributed by atoms with E-state index < -0.39 is 12.2 Å². The zero-order chi connectivity index (χ0) is 14.4. The number of amides is 1. The quantitative estimate of drug-likeness (QED) is 0.601. The first-order valence-electron chi connectivity index (χ1n) is 6.26. The molecule has 0 radical (unpaired) electrons. The molecule has 1 aromatic rings. The molecule has 0 aliphatic carbocycles. The van der Waals surface area contributed by atoms with Crippen molar-refractivity contribution in [2.24, 2.45) is 0 Å². The van der Waals surface area contributed by atoms with Gasteiger partial charge in [0.1, 0.15) is 6.10 Å². The van der Waals surface area contributed by atoms with Crippen molar-refractivity contribution in [2.45, 2.75) is 39.1 Å². The molecule has 0 aromatic heterocycles. The Bertz CT molecular complexity index is 433. The SMILES string of the molecule is CC(=O)NCCC(O)C(O)c1ccc(CO)cc1C. The van der Waals surface area contributed by atoms with E-state index in [4.69, 9.17) is 5.11 Å². The van der Waals surface area contributed by atoms with E-state index in [0.717, 1.165) is 11.1 Å². The molecule has 2 atom stereocenters. The van der Waals surface area contributed by atoms with Crippen molar-refractivity contribution < 1.29 is 20.1 Å². The third-order valence-corrected chi connectivity index (χ3v) is 3.01. The van der Waals surface area contributed by atoms with E-state index in [1.807, 2.05) is 6.92 Å². The fourth-order valence-electron chi connectivity index (χ4n) is 1.93. The number of rotatable bonds is 6. The first-order valence-corrected chi connectivity index (χ1v) is 6.26. The maximum Gasteiger partial charge on any atom is 0.216 e. The van der Waals surface area contributed by atoms with E-state index in [1.165, 1.54) is 6.92 Å². The standard InChI is InChI=1S/C14H21NO4/c1-9-7-11(8-16)3-4-12(9)14(19)13(18)5-6-15-10(2)17/h3-4,7,13-14,16,18-19H,5-6,8H2,1-2H3,(H,15,17). The molecule has 4 N–H and O–H groups in total. The highest BCUT2D eigenvalue weighted by Gasteiger charge is 2.19. The van der Waals surface area contributed by atoms with Crippen LogP contribution in [0, 0.1) is 6.92 Å². The van der Waals surface area contributed by atoms with E-state index in [-0.39, 0.29) is 18.9 Å². The average molecular weight is 267 g/mol. The maximum absolute atomic E-state index is 10.7. The van der Waals surface area contributed by atoms with Gasteiger partial charge in [-0.1, -0.05) is 18.2 Å². The Morgan fingerprint density at radius 2 is 2.05 bits per heavy atom. The first kappa shape index (κ1) is 15.6. The van der Waals surface area contributed by atoms with E-state index in [9.17, 15) is 15.0 Å². The van der Waals surface area contributed by atoms with Gasteiger partial charge in [0.2, 0.25) is 5.91 Å². The van der Waals surface area contributed by atoms with Gasteiger partial charge in [-0.25, -0.2) is 0 Å². The van der Waals surface area contributed by atoms with E-state index >= 15 is 0 Å². The molecular weight excluding hydrogens is 246 g/mol. The smallest absolute Gasteiger partial charge is 0.216 e. The molecule has 0 spiro atoms. The average Bonchev–Trinajstić information content (AvgIpc) is 2.37. The Labute approximate surface area is 112 Å². The van der Waals surface area contributed by atoms with E-state index in [1.54, 1.807) is 18.2 Å². The fraction of sp³-hybridized carbons (Fsp3) is 0.500. The second kappa shape index (κ2) is 7.23. The van der Waals surface area contributed by atoms with Gasteiger partial charge in [-0.05, 0) is 30.0 Å². The van der Waals surface area contributed by atoms with Crippen LogP contribution in [-0.4, -0.2) is 33.9 Å². The van der Waals surface area contributed by atoms with Crippen LogP contribution in [0.15, 0.2) is 18.2 Å². The third kappa shape index (κ3) is 4.63. The first-order chi connectivity index (χ1) is 8.95. The number of aliphatic hydroxyl groups is 3. The molecule has 0 heterocycles. The van der Waals surface area contributed by atoms with Crippen LogP contribution < -0.4 is 5.32 Å². The number of nitrogens with one attached hydrogen (secondary N) is 1. The highest BCUT2D eigenvalue weighted by molar-refractivity contribution is 5.72. The largest absolute Gasteiger partial charge is 0.392 e. The van der Waals surface area contributed by atoms with Gasteiger partial charge in [0.05, 0.1) is 12.7 Å². The minimum Gasteiger partial charge on any atom is -0.392 e. The Morgan fingerprint density at radius 3 is 2.58 bits per heavy atom. The number of carbonyl (C=O) groups is 1. The number of aryl methyl sites for hydroxylation is 1. The predicted molar refractivity (Wildman–Crippen MR) is 71.4 cm³/mol. The van der Waals surface area contributed by atoms with Crippen LogP contribution >= 0.6 is 0 Å². The molecule has 0 bridgehead atoms. The summed E-state index contributed by atoms with van der Waals surface area (Å²) in [6.07, 6.45) is -1.66. The Hall–Kier alpha value is -1.43. The lowest BCUT2D eigenvalue weighted by atomic mass is 9.96. The normalized spacial score (nSPS) is 13.9. The van der Waals surface area contributed by atoms with Gasteiger partial charge in [-0.15, -0.1) is 0 Å². The van der Waals surface area contributed by atoms with Crippen molar-refractivity contribution >= 4 is 5.91 Å². The van der Waals surface area contributed by atoms with Gasteiger partial charge in [0.25, 0.3) is 0 Å². The second-order valence-electron chi connectivity index (χ2n) is 4.63. The van der Waals surface area contributed by atoms with Gasteiger partial charge >= 0.3 is 0 Å². The lowest BCUT2D eigenvalue weighted by Gasteiger charge is -2.20. The van der Waals surface area contributed by atoms with Gasteiger partial charge in [0, 0.05) is 13.5 Å². The van der Waals surface area contributed by atoms with Crippen molar-refractivity contribution in [3.63, 3.8) is 0 Å². The Kier molecular flexibility index (Phi) is 5.95. The molecule has 0 aliphatic heterocycles. The topological polar surface area (TPSA) is 89.8 Å². The van der Waals surface area contributed by atoms with Crippen molar-refractivity contribution in [1.29, 1.82) is 0 Å². The van der Waals surface area contributed by atoms with Gasteiger partial charge in [-0.2, -0.15) is 0 Å². The zero-order valence-corrected chi connectivity index (χ0v) is 11.3. The van der Waals surface area contributed by atoms with Crippen molar-refractivity contribution in [3.8, 4) is 0 Å². The molecule has 0 aliphatic rings. The minimum absolute atomic E-state index is 0.0533. The molecule has 0 saturated carbocycles.